The molecule has 4 nitrogen and oxygen atoms in total. The Morgan fingerprint density at radius 3 is 2.06 bits per heavy atom. The highest BCUT2D eigenvalue weighted by Gasteiger charge is 2.18. The number of hydrogen-bond acceptors (Lipinski definition) is 3. The largest absolute Gasteiger partial charge is 0.495 e. The highest BCUT2D eigenvalue weighted by molar-refractivity contribution is 6.33. The van der Waals surface area contributed by atoms with Gasteiger partial charge in [0.25, 0.3) is 0 Å². The summed E-state index contributed by atoms with van der Waals surface area (Å²) in [5.41, 5.74) is 0.589. The Labute approximate surface area is 98.7 Å². The molecule has 1 rings (SSSR count). The van der Waals surface area contributed by atoms with Gasteiger partial charge in [0.1, 0.15) is 16.5 Å². The summed E-state index contributed by atoms with van der Waals surface area (Å²) in [6.45, 7) is 1.59. The Morgan fingerprint density at radius 1 is 1.31 bits per heavy atom. The van der Waals surface area contributed by atoms with E-state index >= 15 is 0 Å². The quantitative estimate of drug-likeness (QED) is 0.884. The van der Waals surface area contributed by atoms with E-state index in [4.69, 9.17) is 26.2 Å². The molecule has 0 saturated carbocycles. The number of carboxylic acids is 1. The number of rotatable bonds is 4. The fourth-order valence-corrected chi connectivity index (χ4v) is 1.55. The van der Waals surface area contributed by atoms with Gasteiger partial charge in [-0.15, -0.1) is 0 Å². The monoisotopic (exact) mass is 244 g/mol. The lowest BCUT2D eigenvalue weighted by atomic mass is 10.0. The van der Waals surface area contributed by atoms with Gasteiger partial charge >= 0.3 is 5.97 Å². The standard InChI is InChI=1S/C11H13ClO4/c1-6(11(13)14)7-4-8(15-2)10(12)9(5-7)16-3/h4-6H,1-3H3,(H,13,14). The van der Waals surface area contributed by atoms with Crippen LogP contribution in [0.15, 0.2) is 12.1 Å². The highest BCUT2D eigenvalue weighted by Crippen LogP contribution is 2.37. The van der Waals surface area contributed by atoms with Crippen LogP contribution in [0.1, 0.15) is 18.4 Å². The Morgan fingerprint density at radius 2 is 1.75 bits per heavy atom. The van der Waals surface area contributed by atoms with Gasteiger partial charge in [0, 0.05) is 0 Å². The van der Waals surface area contributed by atoms with Gasteiger partial charge in [-0.2, -0.15) is 0 Å². The number of hydrogen-bond donors (Lipinski definition) is 1. The minimum Gasteiger partial charge on any atom is -0.495 e. The van der Waals surface area contributed by atoms with Crippen LogP contribution in [0.3, 0.4) is 0 Å². The van der Waals surface area contributed by atoms with E-state index in [2.05, 4.69) is 0 Å². The van der Waals surface area contributed by atoms with E-state index in [-0.39, 0.29) is 0 Å². The van der Waals surface area contributed by atoms with Crippen LogP contribution in [0.25, 0.3) is 0 Å². The molecule has 0 spiro atoms. The average Bonchev–Trinajstić information content (AvgIpc) is 2.28. The fraction of sp³-hybridized carbons (Fsp3) is 0.364. The zero-order chi connectivity index (χ0) is 12.3. The van der Waals surface area contributed by atoms with Crippen molar-refractivity contribution in [1.82, 2.24) is 0 Å². The van der Waals surface area contributed by atoms with Crippen molar-refractivity contribution in [2.24, 2.45) is 0 Å². The molecule has 0 saturated heterocycles. The minimum atomic E-state index is -0.911. The number of benzene rings is 1. The summed E-state index contributed by atoms with van der Waals surface area (Å²) in [6, 6.07) is 3.20. The van der Waals surface area contributed by atoms with Gasteiger partial charge in [0.05, 0.1) is 20.1 Å². The second-order valence-corrected chi connectivity index (χ2v) is 3.68. The van der Waals surface area contributed by atoms with E-state index in [0.29, 0.717) is 22.1 Å². The second-order valence-electron chi connectivity index (χ2n) is 3.30. The van der Waals surface area contributed by atoms with Crippen molar-refractivity contribution in [2.45, 2.75) is 12.8 Å². The Hall–Kier alpha value is -1.42. The summed E-state index contributed by atoms with van der Waals surface area (Å²) in [4.78, 5) is 10.9. The second kappa shape index (κ2) is 5.07. The molecule has 0 bridgehead atoms. The van der Waals surface area contributed by atoms with Gasteiger partial charge in [-0.25, -0.2) is 0 Å². The van der Waals surface area contributed by atoms with Crippen molar-refractivity contribution >= 4 is 17.6 Å². The summed E-state index contributed by atoms with van der Waals surface area (Å²) in [7, 11) is 2.94. The Kier molecular flexibility index (Phi) is 4.01. The van der Waals surface area contributed by atoms with E-state index in [1.807, 2.05) is 0 Å². The van der Waals surface area contributed by atoms with Crippen LogP contribution < -0.4 is 9.47 Å². The highest BCUT2D eigenvalue weighted by atomic mass is 35.5. The molecule has 0 aliphatic heterocycles. The minimum absolute atomic E-state index is 0.339. The van der Waals surface area contributed by atoms with Crippen molar-refractivity contribution in [2.75, 3.05) is 14.2 Å². The lowest BCUT2D eigenvalue weighted by Crippen LogP contribution is -2.08. The van der Waals surface area contributed by atoms with Crippen LogP contribution in [0.2, 0.25) is 5.02 Å². The van der Waals surface area contributed by atoms with Gasteiger partial charge in [-0.05, 0) is 24.6 Å². The topological polar surface area (TPSA) is 55.8 Å². The fourth-order valence-electron chi connectivity index (χ4n) is 1.28. The van der Waals surface area contributed by atoms with E-state index < -0.39 is 11.9 Å². The normalized spacial score (nSPS) is 12.0. The average molecular weight is 245 g/mol. The third-order valence-electron chi connectivity index (χ3n) is 2.34. The van der Waals surface area contributed by atoms with Crippen LogP contribution in [0, 0.1) is 0 Å². The first-order chi connectivity index (χ1) is 7.51. The lowest BCUT2D eigenvalue weighted by molar-refractivity contribution is -0.138. The summed E-state index contributed by atoms with van der Waals surface area (Å²) in [5.74, 6) is -0.736. The van der Waals surface area contributed by atoms with Crippen LogP contribution in [-0.2, 0) is 4.79 Å². The number of aliphatic carboxylic acids is 1. The van der Waals surface area contributed by atoms with Crippen molar-refractivity contribution in [3.05, 3.63) is 22.7 Å². The van der Waals surface area contributed by atoms with Crippen molar-refractivity contribution in [3.8, 4) is 11.5 Å². The van der Waals surface area contributed by atoms with Crippen molar-refractivity contribution in [1.29, 1.82) is 0 Å². The molecule has 5 heteroatoms. The lowest BCUT2D eigenvalue weighted by Gasteiger charge is -2.13. The first-order valence-corrected chi connectivity index (χ1v) is 5.03. The number of halogens is 1. The van der Waals surface area contributed by atoms with Crippen LogP contribution in [0.4, 0.5) is 0 Å². The zero-order valence-corrected chi connectivity index (χ0v) is 10.0. The molecule has 0 aromatic heterocycles. The molecule has 1 aromatic carbocycles. The molecule has 1 unspecified atom stereocenters. The van der Waals surface area contributed by atoms with E-state index in [0.717, 1.165) is 0 Å². The summed E-state index contributed by atoms with van der Waals surface area (Å²) in [6.07, 6.45) is 0. The van der Waals surface area contributed by atoms with Crippen molar-refractivity contribution in [3.63, 3.8) is 0 Å². The van der Waals surface area contributed by atoms with Crippen LogP contribution in [0.5, 0.6) is 11.5 Å². The molecule has 0 aliphatic rings. The number of methoxy groups -OCH3 is 2. The summed E-state index contributed by atoms with van der Waals surface area (Å²) < 4.78 is 10.1. The number of carbonyl (C=O) groups is 1. The summed E-state index contributed by atoms with van der Waals surface area (Å²) >= 11 is 5.97. The first-order valence-electron chi connectivity index (χ1n) is 4.65. The molecule has 0 amide bonds. The molecule has 1 N–H and O–H groups in total. The predicted molar refractivity (Wildman–Crippen MR) is 60.6 cm³/mol. The zero-order valence-electron chi connectivity index (χ0n) is 9.28. The molecule has 0 heterocycles. The third-order valence-corrected chi connectivity index (χ3v) is 2.71. The molecule has 0 radical (unpaired) electrons. The molecule has 88 valence electrons. The van der Waals surface area contributed by atoms with Gasteiger partial charge in [0.2, 0.25) is 0 Å². The smallest absolute Gasteiger partial charge is 0.310 e. The Balaban J connectivity index is 3.26. The number of carboxylic acid groups (broad SMARTS) is 1. The first kappa shape index (κ1) is 12.6. The molecule has 1 atom stereocenters. The predicted octanol–water partition coefficient (Wildman–Crippen LogP) is 2.55. The molecule has 16 heavy (non-hydrogen) atoms. The maximum absolute atomic E-state index is 10.9. The Bertz CT molecular complexity index is 378. The van der Waals surface area contributed by atoms with E-state index in [1.54, 1.807) is 19.1 Å². The third kappa shape index (κ3) is 2.39. The summed E-state index contributed by atoms with van der Waals surface area (Å²) in [5, 5.41) is 9.26. The maximum atomic E-state index is 10.9. The molecular weight excluding hydrogens is 232 g/mol. The van der Waals surface area contributed by atoms with Gasteiger partial charge in [0.15, 0.2) is 0 Å². The van der Waals surface area contributed by atoms with Gasteiger partial charge in [-0.1, -0.05) is 11.6 Å². The van der Waals surface area contributed by atoms with E-state index in [1.165, 1.54) is 14.2 Å². The van der Waals surface area contributed by atoms with Crippen LogP contribution in [-0.4, -0.2) is 25.3 Å². The maximum Gasteiger partial charge on any atom is 0.310 e. The van der Waals surface area contributed by atoms with Crippen molar-refractivity contribution < 1.29 is 19.4 Å². The SMILES string of the molecule is COc1cc(C(C)C(=O)O)cc(OC)c1Cl. The molecule has 1 aromatic rings. The van der Waals surface area contributed by atoms with Crippen LogP contribution >= 0.6 is 11.6 Å². The van der Waals surface area contributed by atoms with E-state index in [9.17, 15) is 4.79 Å². The molecular formula is C11H13ClO4. The van der Waals surface area contributed by atoms with Gasteiger partial charge < -0.3 is 14.6 Å². The molecule has 0 aliphatic carbocycles. The number of ether oxygens (including phenoxy) is 2. The molecule has 0 fully saturated rings. The van der Waals surface area contributed by atoms with Gasteiger partial charge in [-0.3, -0.25) is 4.79 Å².